The summed E-state index contributed by atoms with van der Waals surface area (Å²) in [5, 5.41) is 0. The molecule has 1 amide bonds. The molecule has 0 aromatic heterocycles. The maximum absolute atomic E-state index is 13.3. The van der Waals surface area contributed by atoms with Gasteiger partial charge in [0.2, 0.25) is 5.91 Å². The van der Waals surface area contributed by atoms with Crippen LogP contribution in [0, 0.1) is 0 Å². The van der Waals surface area contributed by atoms with Gasteiger partial charge in [-0.05, 0) is 48.6 Å². The molecular weight excluding hydrogens is 409 g/mol. The van der Waals surface area contributed by atoms with Crippen LogP contribution >= 0.6 is 0 Å². The summed E-state index contributed by atoms with van der Waals surface area (Å²) >= 11 is 0. The number of carbonyl (C=O) groups excluding carboxylic acids is 1. The molecule has 2 aromatic rings. The Morgan fingerprint density at radius 3 is 2.35 bits per heavy atom. The zero-order valence-corrected chi connectivity index (χ0v) is 17.1. The number of hydrogen-bond acceptors (Lipinski definition) is 5. The molecule has 9 heteroatoms. The van der Waals surface area contributed by atoms with Crippen molar-refractivity contribution < 1.29 is 22.7 Å². The zero-order valence-electron chi connectivity index (χ0n) is 17.1. The Morgan fingerprint density at radius 1 is 1.13 bits per heavy atom. The van der Waals surface area contributed by atoms with Gasteiger partial charge in [0.1, 0.15) is 11.3 Å². The van der Waals surface area contributed by atoms with Gasteiger partial charge in [-0.25, -0.2) is 4.99 Å². The van der Waals surface area contributed by atoms with Crippen LogP contribution in [-0.4, -0.2) is 30.2 Å². The number of ether oxygens (including phenoxy) is 1. The maximum atomic E-state index is 13.3. The Morgan fingerprint density at radius 2 is 1.77 bits per heavy atom. The van der Waals surface area contributed by atoms with Crippen LogP contribution in [0.15, 0.2) is 53.5 Å². The van der Waals surface area contributed by atoms with Crippen LogP contribution in [0.25, 0.3) is 0 Å². The third-order valence-corrected chi connectivity index (χ3v) is 6.09. The predicted octanol–water partition coefficient (Wildman–Crippen LogP) is 3.32. The number of guanidine groups is 1. The minimum absolute atomic E-state index is 0.0126. The lowest BCUT2D eigenvalue weighted by Crippen LogP contribution is -2.52. The van der Waals surface area contributed by atoms with Crippen LogP contribution in [0.4, 0.5) is 13.2 Å². The molecule has 4 rings (SSSR count). The van der Waals surface area contributed by atoms with E-state index in [1.165, 1.54) is 30.1 Å². The first-order valence-corrected chi connectivity index (χ1v) is 9.81. The molecule has 0 bridgehead atoms. The quantitative estimate of drug-likeness (QED) is 0.775. The van der Waals surface area contributed by atoms with Gasteiger partial charge in [-0.2, -0.15) is 0 Å². The number of likely N-dealkylation sites (N-methyl/N-ethyl adjacent to an activating group) is 1. The van der Waals surface area contributed by atoms with Crippen molar-refractivity contribution in [3.63, 3.8) is 0 Å². The van der Waals surface area contributed by atoms with E-state index < -0.39 is 17.8 Å². The van der Waals surface area contributed by atoms with Crippen molar-refractivity contribution in [1.82, 2.24) is 4.90 Å². The normalized spacial score (nSPS) is 25.2. The Bertz CT molecular complexity index is 1050. The second kappa shape index (κ2) is 6.98. The van der Waals surface area contributed by atoms with Crippen LogP contribution in [0.1, 0.15) is 42.4 Å². The fourth-order valence-electron chi connectivity index (χ4n) is 4.06. The molecule has 1 aliphatic carbocycles. The van der Waals surface area contributed by atoms with E-state index in [2.05, 4.69) is 9.73 Å². The summed E-state index contributed by atoms with van der Waals surface area (Å²) in [4.78, 5) is 19.0. The highest BCUT2D eigenvalue weighted by atomic mass is 19.4. The molecule has 31 heavy (non-hydrogen) atoms. The van der Waals surface area contributed by atoms with Crippen molar-refractivity contribution in [1.29, 1.82) is 0 Å². The molecule has 0 unspecified atom stereocenters. The van der Waals surface area contributed by atoms with E-state index in [9.17, 15) is 18.0 Å². The number of alkyl halides is 3. The molecule has 0 spiro atoms. The molecule has 1 saturated carbocycles. The van der Waals surface area contributed by atoms with Crippen LogP contribution in [0.5, 0.6) is 5.75 Å². The monoisotopic (exact) mass is 432 g/mol. The average molecular weight is 432 g/mol. The van der Waals surface area contributed by atoms with Crippen LogP contribution < -0.4 is 16.2 Å². The second-order valence-corrected chi connectivity index (χ2v) is 8.30. The number of carbonyl (C=O) groups is 1. The van der Waals surface area contributed by atoms with Gasteiger partial charge in [0, 0.05) is 12.6 Å². The summed E-state index contributed by atoms with van der Waals surface area (Å²) in [7, 11) is 1.52. The third kappa shape index (κ3) is 3.85. The van der Waals surface area contributed by atoms with E-state index in [1.54, 1.807) is 13.0 Å². The molecule has 1 aliphatic heterocycles. The number of halogens is 3. The summed E-state index contributed by atoms with van der Waals surface area (Å²) in [5.74, 6) is -1.51. The van der Waals surface area contributed by atoms with E-state index >= 15 is 0 Å². The highest BCUT2D eigenvalue weighted by Gasteiger charge is 2.48. The van der Waals surface area contributed by atoms with Gasteiger partial charge in [-0.3, -0.25) is 9.69 Å². The second-order valence-electron chi connectivity index (χ2n) is 8.30. The molecule has 164 valence electrons. The summed E-state index contributed by atoms with van der Waals surface area (Å²) in [6.07, 6.45) is -3.02. The molecule has 6 nitrogen and oxygen atoms in total. The number of aliphatic imine (C=N–C) groups is 1. The highest BCUT2D eigenvalue weighted by molar-refractivity contribution is 6.02. The van der Waals surface area contributed by atoms with E-state index in [4.69, 9.17) is 11.5 Å². The molecule has 0 radical (unpaired) electrons. The van der Waals surface area contributed by atoms with Gasteiger partial charge in [-0.15, -0.1) is 13.2 Å². The van der Waals surface area contributed by atoms with E-state index in [0.717, 1.165) is 18.4 Å². The van der Waals surface area contributed by atoms with Crippen molar-refractivity contribution in [2.24, 2.45) is 16.5 Å². The first-order valence-electron chi connectivity index (χ1n) is 9.81. The van der Waals surface area contributed by atoms with Crippen molar-refractivity contribution >= 4 is 11.9 Å². The lowest BCUT2D eigenvalue weighted by Gasteiger charge is -2.41. The molecule has 2 aliphatic rings. The SMILES string of the molecule is CN1C(=O)[C@@H](c2ccc(C3(N)CC3)cc2)[C@@](C)(c2cccc(OC(F)(F)F)c2)N=C1N. The van der Waals surface area contributed by atoms with E-state index in [-0.39, 0.29) is 23.2 Å². The summed E-state index contributed by atoms with van der Waals surface area (Å²) in [6, 6.07) is 12.9. The topological polar surface area (TPSA) is 93.9 Å². The fourth-order valence-corrected chi connectivity index (χ4v) is 4.06. The molecule has 1 heterocycles. The van der Waals surface area contributed by atoms with Gasteiger partial charge < -0.3 is 16.2 Å². The van der Waals surface area contributed by atoms with Gasteiger partial charge in [-0.1, -0.05) is 36.4 Å². The number of hydrogen-bond donors (Lipinski definition) is 2. The molecule has 4 N–H and O–H groups in total. The van der Waals surface area contributed by atoms with E-state index in [1.807, 2.05) is 24.3 Å². The largest absolute Gasteiger partial charge is 0.573 e. The third-order valence-electron chi connectivity index (χ3n) is 6.09. The first kappa shape index (κ1) is 21.2. The smallest absolute Gasteiger partial charge is 0.406 e. The minimum atomic E-state index is -4.83. The van der Waals surface area contributed by atoms with Gasteiger partial charge in [0.25, 0.3) is 0 Å². The lowest BCUT2D eigenvalue weighted by atomic mass is 9.74. The van der Waals surface area contributed by atoms with Gasteiger partial charge >= 0.3 is 6.36 Å². The highest BCUT2D eigenvalue weighted by Crippen LogP contribution is 2.46. The predicted molar refractivity (Wildman–Crippen MR) is 109 cm³/mol. The molecule has 0 saturated heterocycles. The average Bonchev–Trinajstić information content (AvgIpc) is 3.44. The Balaban J connectivity index is 1.79. The maximum Gasteiger partial charge on any atom is 0.573 e. The first-order chi connectivity index (χ1) is 14.4. The van der Waals surface area contributed by atoms with E-state index in [0.29, 0.717) is 11.1 Å². The number of nitrogens with zero attached hydrogens (tertiary/aromatic N) is 2. The number of benzene rings is 2. The summed E-state index contributed by atoms with van der Waals surface area (Å²) in [5.41, 5.74) is 12.7. The molecule has 2 aromatic carbocycles. The number of amides is 1. The number of nitrogens with two attached hydrogens (primary N) is 2. The van der Waals surface area contributed by atoms with Crippen molar-refractivity contribution in [3.8, 4) is 5.75 Å². The lowest BCUT2D eigenvalue weighted by molar-refractivity contribution is -0.274. The fraction of sp³-hybridized carbons (Fsp3) is 0.364. The summed E-state index contributed by atoms with van der Waals surface area (Å²) in [6.45, 7) is 1.68. The van der Waals surface area contributed by atoms with Crippen LogP contribution in [0.3, 0.4) is 0 Å². The van der Waals surface area contributed by atoms with Crippen LogP contribution in [0.2, 0.25) is 0 Å². The minimum Gasteiger partial charge on any atom is -0.406 e. The van der Waals surface area contributed by atoms with Crippen molar-refractivity contribution in [3.05, 3.63) is 65.2 Å². The van der Waals surface area contributed by atoms with Gasteiger partial charge in [0.15, 0.2) is 5.96 Å². The van der Waals surface area contributed by atoms with Crippen molar-refractivity contribution in [2.75, 3.05) is 7.05 Å². The van der Waals surface area contributed by atoms with Gasteiger partial charge in [0.05, 0.1) is 5.92 Å². The van der Waals surface area contributed by atoms with Crippen LogP contribution in [-0.2, 0) is 15.9 Å². The Labute approximate surface area is 177 Å². The molecule has 1 fully saturated rings. The summed E-state index contributed by atoms with van der Waals surface area (Å²) < 4.78 is 42.2. The Hall–Kier alpha value is -3.07. The number of rotatable bonds is 4. The molecular formula is C22H23F3N4O2. The van der Waals surface area contributed by atoms with Crippen molar-refractivity contribution in [2.45, 2.75) is 43.1 Å². The standard InChI is InChI=1S/C22H23F3N4O2/c1-20(15-4-3-5-16(12-15)31-22(23,24)25)17(18(30)29(2)19(26)28-20)13-6-8-14(9-7-13)21(27)10-11-21/h3-9,12,17H,10-11,27H2,1-2H3,(H2,26,28)/t17-,20-/m1/s1. The zero-order chi connectivity index (χ0) is 22.6. The Kier molecular flexibility index (Phi) is 4.77. The molecule has 2 atom stereocenters.